The average Bonchev–Trinajstić information content (AvgIpc) is 3.55. The minimum atomic E-state index is -0.755. The van der Waals surface area contributed by atoms with E-state index in [0.717, 1.165) is 16.9 Å². The topological polar surface area (TPSA) is 144 Å². The van der Waals surface area contributed by atoms with Crippen molar-refractivity contribution in [2.45, 2.75) is 37.0 Å². The fraction of sp³-hybridized carbons (Fsp3) is 0.265. The fourth-order valence-electron chi connectivity index (χ4n) is 5.67. The van der Waals surface area contributed by atoms with Crippen LogP contribution in [-0.4, -0.2) is 53.7 Å². The number of nitrogens with one attached hydrogen (secondary N) is 2. The van der Waals surface area contributed by atoms with Crippen LogP contribution in [0.25, 0.3) is 0 Å². The van der Waals surface area contributed by atoms with Crippen LogP contribution in [0.15, 0.2) is 76.6 Å². The van der Waals surface area contributed by atoms with E-state index in [-0.39, 0.29) is 29.9 Å². The van der Waals surface area contributed by atoms with Crippen molar-refractivity contribution in [3.05, 3.63) is 98.0 Å². The van der Waals surface area contributed by atoms with E-state index in [0.29, 0.717) is 50.5 Å². The zero-order valence-electron chi connectivity index (χ0n) is 25.7. The third kappa shape index (κ3) is 6.41. The number of H-pyrrole nitrogens is 1. The number of nitrogens with zero attached hydrogens (tertiary/aromatic N) is 1. The van der Waals surface area contributed by atoms with E-state index in [2.05, 4.69) is 10.3 Å². The third-order valence-electron chi connectivity index (χ3n) is 7.78. The van der Waals surface area contributed by atoms with Crippen molar-refractivity contribution in [3.8, 4) is 11.5 Å². The number of anilines is 2. The first-order valence-corrected chi connectivity index (χ1v) is 16.7. The van der Waals surface area contributed by atoms with Crippen LogP contribution in [0.1, 0.15) is 46.1 Å². The summed E-state index contributed by atoms with van der Waals surface area (Å²) in [4.78, 5) is 69.3. The summed E-state index contributed by atoms with van der Waals surface area (Å²) >= 11 is 2.24. The minimum absolute atomic E-state index is 0.263. The van der Waals surface area contributed by atoms with Gasteiger partial charge >= 0.3 is 10.8 Å². The molecule has 3 aromatic carbocycles. The highest BCUT2D eigenvalue weighted by atomic mass is 32.2. The van der Waals surface area contributed by atoms with Crippen molar-refractivity contribution in [3.63, 3.8) is 0 Å². The predicted octanol–water partition coefficient (Wildman–Crippen LogP) is 5.13. The second kappa shape index (κ2) is 13.5. The Morgan fingerprint density at radius 1 is 0.894 bits per heavy atom. The summed E-state index contributed by atoms with van der Waals surface area (Å²) in [7, 11) is 0. The zero-order chi connectivity index (χ0) is 33.2. The number of thioether (sulfide) groups is 1. The molecule has 0 radical (unpaired) electrons. The summed E-state index contributed by atoms with van der Waals surface area (Å²) in [6, 6.07) is 18.7. The van der Waals surface area contributed by atoms with Crippen LogP contribution in [0.2, 0.25) is 0 Å². The highest BCUT2D eigenvalue weighted by molar-refractivity contribution is 8.00. The Morgan fingerprint density at radius 3 is 2.34 bits per heavy atom. The number of imide groups is 1. The van der Waals surface area contributed by atoms with Gasteiger partial charge in [-0.3, -0.25) is 19.2 Å². The molecule has 13 heteroatoms. The standard InChI is InChI=1S/C34H31N3O8S2/c1-4-43-24-16-20(10-15-23(24)45-17-25(38)35-21-11-8-19(9-12-21)33(41)44-5-2)26-27-29(46-30-28(26)47-34(42)36-30)32(40)37(31(27)39)22-13-6-18(3)7-14-22/h6-16,26-27,29H,4-5,17H2,1-3H3,(H,35,38)(H,36,42)/t26-,27-,29+/m0/s1. The minimum Gasteiger partial charge on any atom is -0.490 e. The first-order valence-electron chi connectivity index (χ1n) is 15.0. The van der Waals surface area contributed by atoms with Crippen LogP contribution in [0, 0.1) is 12.8 Å². The first kappa shape index (κ1) is 32.1. The molecule has 1 saturated heterocycles. The van der Waals surface area contributed by atoms with Gasteiger partial charge in [0.1, 0.15) is 5.25 Å². The molecule has 2 aliphatic heterocycles. The van der Waals surface area contributed by atoms with Crippen LogP contribution >= 0.6 is 23.1 Å². The Morgan fingerprint density at radius 2 is 1.64 bits per heavy atom. The lowest BCUT2D eigenvalue weighted by Gasteiger charge is -2.30. The normalized spacial score (nSPS) is 18.4. The van der Waals surface area contributed by atoms with E-state index < -0.39 is 29.0 Å². The van der Waals surface area contributed by atoms with E-state index in [1.807, 2.05) is 26.0 Å². The van der Waals surface area contributed by atoms with Crippen molar-refractivity contribution < 1.29 is 33.4 Å². The zero-order valence-corrected chi connectivity index (χ0v) is 27.4. The molecule has 2 N–H and O–H groups in total. The molecule has 11 nitrogen and oxygen atoms in total. The number of amides is 3. The number of aryl methyl sites for hydroxylation is 1. The Hall–Kier alpha value is -4.88. The molecule has 0 bridgehead atoms. The number of fused-ring (bicyclic) bond motifs is 2. The van der Waals surface area contributed by atoms with E-state index in [9.17, 15) is 24.0 Å². The Bertz CT molecular complexity index is 1900. The number of hydrogen-bond acceptors (Lipinski definition) is 10. The maximum Gasteiger partial charge on any atom is 0.338 e. The van der Waals surface area contributed by atoms with E-state index in [1.165, 1.54) is 16.7 Å². The van der Waals surface area contributed by atoms with Crippen molar-refractivity contribution in [1.82, 2.24) is 4.98 Å². The molecule has 2 aliphatic rings. The number of aromatic nitrogens is 1. The van der Waals surface area contributed by atoms with Crippen LogP contribution in [0.5, 0.6) is 11.5 Å². The molecule has 0 saturated carbocycles. The maximum atomic E-state index is 14.0. The molecule has 0 unspecified atom stereocenters. The summed E-state index contributed by atoms with van der Waals surface area (Å²) < 4.78 is 16.7. The molecular weight excluding hydrogens is 643 g/mol. The maximum absolute atomic E-state index is 14.0. The molecule has 3 heterocycles. The van der Waals surface area contributed by atoms with Gasteiger partial charge in [-0.15, -0.1) is 0 Å². The lowest BCUT2D eigenvalue weighted by molar-refractivity contribution is -0.122. The summed E-state index contributed by atoms with van der Waals surface area (Å²) in [6.07, 6.45) is 0. The molecule has 242 valence electrons. The van der Waals surface area contributed by atoms with Gasteiger partial charge in [0.15, 0.2) is 18.1 Å². The van der Waals surface area contributed by atoms with E-state index in [1.54, 1.807) is 61.5 Å². The molecule has 0 aliphatic carbocycles. The van der Waals surface area contributed by atoms with Crippen LogP contribution in [0.3, 0.4) is 0 Å². The predicted molar refractivity (Wildman–Crippen MR) is 178 cm³/mol. The molecule has 6 rings (SSSR count). The monoisotopic (exact) mass is 673 g/mol. The summed E-state index contributed by atoms with van der Waals surface area (Å²) in [6.45, 7) is 5.70. The van der Waals surface area contributed by atoms with Gasteiger partial charge in [-0.2, -0.15) is 0 Å². The number of thiazole rings is 1. The van der Waals surface area contributed by atoms with E-state index >= 15 is 0 Å². The largest absolute Gasteiger partial charge is 0.490 e. The third-order valence-corrected chi connectivity index (χ3v) is 10.2. The molecule has 0 spiro atoms. The average molecular weight is 674 g/mol. The molecule has 1 fully saturated rings. The first-order chi connectivity index (χ1) is 22.7. The number of aromatic amines is 1. The molecule has 3 atom stereocenters. The van der Waals surface area contributed by atoms with Crippen molar-refractivity contribution >= 4 is 58.2 Å². The number of rotatable bonds is 10. The molecule has 1 aromatic heterocycles. The number of hydrogen-bond donors (Lipinski definition) is 2. The number of carbonyl (C=O) groups excluding carboxylic acids is 4. The van der Waals surface area contributed by atoms with Gasteiger partial charge in [-0.25, -0.2) is 9.69 Å². The summed E-state index contributed by atoms with van der Waals surface area (Å²) in [5.41, 5.74) is 3.03. The summed E-state index contributed by atoms with van der Waals surface area (Å²) in [5.74, 6) is -2.24. The van der Waals surface area contributed by atoms with Gasteiger partial charge in [0.2, 0.25) is 11.8 Å². The number of benzene rings is 3. The van der Waals surface area contributed by atoms with Gasteiger partial charge in [0.05, 0.1) is 35.4 Å². The SMILES string of the molecule is CCOC(=O)c1ccc(NC(=O)COc2ccc([C@@H]3c4sc(=O)[nH]c4S[C@H]4C(=O)N(c5ccc(C)cc5)C(=O)[C@@H]34)cc2OCC)cc1. The van der Waals surface area contributed by atoms with E-state index in [4.69, 9.17) is 14.2 Å². The lowest BCUT2D eigenvalue weighted by atomic mass is 9.83. The van der Waals surface area contributed by atoms with Crippen molar-refractivity contribution in [2.75, 3.05) is 30.0 Å². The van der Waals surface area contributed by atoms with Gasteiger partial charge in [0.25, 0.3) is 5.91 Å². The van der Waals surface area contributed by atoms with Gasteiger partial charge in [-0.05, 0) is 74.9 Å². The quantitative estimate of drug-likeness (QED) is 0.173. The number of esters is 1. The van der Waals surface area contributed by atoms with Crippen LogP contribution in [0.4, 0.5) is 11.4 Å². The smallest absolute Gasteiger partial charge is 0.338 e. The van der Waals surface area contributed by atoms with Gasteiger partial charge in [0, 0.05) is 16.5 Å². The Labute approximate surface area is 278 Å². The second-order valence-corrected chi connectivity index (χ2v) is 13.0. The highest BCUT2D eigenvalue weighted by Gasteiger charge is 2.56. The number of ether oxygens (including phenoxy) is 3. The molecular formula is C34H31N3O8S2. The molecule has 4 aromatic rings. The fourth-order valence-corrected chi connectivity index (χ4v) is 8.19. The second-order valence-electron chi connectivity index (χ2n) is 10.9. The van der Waals surface area contributed by atoms with Crippen LogP contribution in [-0.2, 0) is 19.1 Å². The lowest BCUT2D eigenvalue weighted by Crippen LogP contribution is -2.32. The van der Waals surface area contributed by atoms with Gasteiger partial charge < -0.3 is 24.5 Å². The number of carbonyl (C=O) groups is 4. The molecule has 47 heavy (non-hydrogen) atoms. The highest BCUT2D eigenvalue weighted by Crippen LogP contribution is 2.53. The Kier molecular flexibility index (Phi) is 9.19. The Balaban J connectivity index is 1.24. The molecule has 3 amide bonds. The van der Waals surface area contributed by atoms with Crippen molar-refractivity contribution in [1.29, 1.82) is 0 Å². The van der Waals surface area contributed by atoms with Crippen molar-refractivity contribution in [2.24, 2.45) is 5.92 Å². The summed E-state index contributed by atoms with van der Waals surface area (Å²) in [5, 5.41) is 2.57. The van der Waals surface area contributed by atoms with Gasteiger partial charge in [-0.1, -0.05) is 46.9 Å². The van der Waals surface area contributed by atoms with Crippen LogP contribution < -0.4 is 24.6 Å².